The molecule has 0 radical (unpaired) electrons. The summed E-state index contributed by atoms with van der Waals surface area (Å²) < 4.78 is 16.2. The maximum Gasteiger partial charge on any atom is 0.343 e. The largest absolute Gasteiger partial charge is 0.497 e. The number of carbonyl (C=O) groups excluding carboxylic acids is 1. The lowest BCUT2D eigenvalue weighted by Crippen LogP contribution is -2.08. The molecule has 26 heavy (non-hydrogen) atoms. The van der Waals surface area contributed by atoms with Crippen LogP contribution in [0.3, 0.4) is 0 Å². The van der Waals surface area contributed by atoms with Crippen molar-refractivity contribution >= 4 is 5.97 Å². The fourth-order valence-electron chi connectivity index (χ4n) is 2.57. The molecule has 0 N–H and O–H groups in total. The first kappa shape index (κ1) is 19.8. The van der Waals surface area contributed by atoms with Crippen LogP contribution in [0.4, 0.5) is 0 Å². The van der Waals surface area contributed by atoms with Crippen molar-refractivity contribution in [2.24, 2.45) is 0 Å². The van der Waals surface area contributed by atoms with Crippen LogP contribution in [0.25, 0.3) is 0 Å². The quantitative estimate of drug-likeness (QED) is 0.296. The SMILES string of the molecule is CCCCCCCCOc1ccc(C(=O)Oc2ccc(OC)cc2)cc1. The van der Waals surface area contributed by atoms with Gasteiger partial charge in [-0.05, 0) is 55.0 Å². The molecule has 0 aliphatic heterocycles. The van der Waals surface area contributed by atoms with E-state index in [1.807, 2.05) is 12.1 Å². The molecule has 2 aromatic carbocycles. The summed E-state index contributed by atoms with van der Waals surface area (Å²) in [4.78, 5) is 12.2. The van der Waals surface area contributed by atoms with Gasteiger partial charge in [0.15, 0.2) is 0 Å². The number of methoxy groups -OCH3 is 1. The Morgan fingerprint density at radius 2 is 1.35 bits per heavy atom. The topological polar surface area (TPSA) is 44.8 Å². The molecule has 0 saturated heterocycles. The van der Waals surface area contributed by atoms with Crippen LogP contribution in [0.1, 0.15) is 55.8 Å². The summed E-state index contributed by atoms with van der Waals surface area (Å²) in [6.45, 7) is 2.93. The van der Waals surface area contributed by atoms with Gasteiger partial charge in [0.2, 0.25) is 0 Å². The number of rotatable bonds is 11. The molecule has 0 saturated carbocycles. The van der Waals surface area contributed by atoms with Crippen molar-refractivity contribution in [2.45, 2.75) is 45.4 Å². The minimum Gasteiger partial charge on any atom is -0.497 e. The summed E-state index contributed by atoms with van der Waals surface area (Å²) in [6, 6.07) is 14.0. The molecular formula is C22H28O4. The standard InChI is InChI=1S/C22H28O4/c1-3-4-5-6-7-8-17-25-20-11-9-18(10-12-20)22(23)26-21-15-13-19(24-2)14-16-21/h9-16H,3-8,17H2,1-2H3. The van der Waals surface area contributed by atoms with Gasteiger partial charge in [-0.15, -0.1) is 0 Å². The molecule has 0 heterocycles. The van der Waals surface area contributed by atoms with Crippen molar-refractivity contribution in [3.63, 3.8) is 0 Å². The third-order valence-corrected chi connectivity index (χ3v) is 4.13. The Bertz CT molecular complexity index is 647. The molecule has 0 aliphatic carbocycles. The molecule has 0 amide bonds. The van der Waals surface area contributed by atoms with Crippen LogP contribution in [0.2, 0.25) is 0 Å². The van der Waals surface area contributed by atoms with E-state index in [1.165, 1.54) is 32.1 Å². The Balaban J connectivity index is 1.74. The molecule has 2 aromatic rings. The number of ether oxygens (including phenoxy) is 3. The van der Waals surface area contributed by atoms with Crippen molar-refractivity contribution in [1.82, 2.24) is 0 Å². The molecule has 0 fully saturated rings. The molecule has 0 bridgehead atoms. The lowest BCUT2D eigenvalue weighted by molar-refractivity contribution is 0.0734. The molecule has 2 rings (SSSR count). The zero-order valence-electron chi connectivity index (χ0n) is 15.7. The molecule has 140 valence electrons. The van der Waals surface area contributed by atoms with Gasteiger partial charge in [-0.1, -0.05) is 39.0 Å². The summed E-state index contributed by atoms with van der Waals surface area (Å²) in [5.41, 5.74) is 0.493. The van der Waals surface area contributed by atoms with Gasteiger partial charge in [0.05, 0.1) is 19.3 Å². The zero-order chi connectivity index (χ0) is 18.6. The van der Waals surface area contributed by atoms with Crippen molar-refractivity contribution < 1.29 is 19.0 Å². The predicted octanol–water partition coefficient (Wildman–Crippen LogP) is 5.65. The van der Waals surface area contributed by atoms with Crippen molar-refractivity contribution in [1.29, 1.82) is 0 Å². The van der Waals surface area contributed by atoms with Gasteiger partial charge in [0.1, 0.15) is 17.2 Å². The average molecular weight is 356 g/mol. The number of carbonyl (C=O) groups is 1. The highest BCUT2D eigenvalue weighted by atomic mass is 16.5. The first-order valence-corrected chi connectivity index (χ1v) is 9.32. The maximum absolute atomic E-state index is 12.2. The summed E-state index contributed by atoms with van der Waals surface area (Å²) >= 11 is 0. The summed E-state index contributed by atoms with van der Waals surface area (Å²) in [6.07, 6.45) is 7.42. The van der Waals surface area contributed by atoms with Gasteiger partial charge >= 0.3 is 5.97 Å². The van der Waals surface area contributed by atoms with Gasteiger partial charge in [-0.25, -0.2) is 4.79 Å². The number of hydrogen-bond donors (Lipinski definition) is 0. The Morgan fingerprint density at radius 3 is 2.00 bits per heavy atom. The molecule has 4 heteroatoms. The normalized spacial score (nSPS) is 10.4. The second-order valence-corrected chi connectivity index (χ2v) is 6.21. The molecular weight excluding hydrogens is 328 g/mol. The van der Waals surface area contributed by atoms with E-state index in [-0.39, 0.29) is 0 Å². The second-order valence-electron chi connectivity index (χ2n) is 6.21. The third kappa shape index (κ3) is 6.79. The smallest absolute Gasteiger partial charge is 0.343 e. The predicted molar refractivity (Wildman–Crippen MR) is 103 cm³/mol. The lowest BCUT2D eigenvalue weighted by atomic mass is 10.1. The Hall–Kier alpha value is -2.49. The van der Waals surface area contributed by atoms with Crippen LogP contribution in [-0.4, -0.2) is 19.7 Å². The van der Waals surface area contributed by atoms with E-state index in [9.17, 15) is 4.79 Å². The van der Waals surface area contributed by atoms with Crippen molar-refractivity contribution in [3.05, 3.63) is 54.1 Å². The van der Waals surface area contributed by atoms with Crippen LogP contribution in [0.15, 0.2) is 48.5 Å². The van der Waals surface area contributed by atoms with Gasteiger partial charge in [0, 0.05) is 0 Å². The van der Waals surface area contributed by atoms with Crippen molar-refractivity contribution in [3.8, 4) is 17.2 Å². The number of unbranched alkanes of at least 4 members (excludes halogenated alkanes) is 5. The molecule has 0 aromatic heterocycles. The highest BCUT2D eigenvalue weighted by Crippen LogP contribution is 2.19. The fourth-order valence-corrected chi connectivity index (χ4v) is 2.57. The fraction of sp³-hybridized carbons (Fsp3) is 0.409. The Morgan fingerprint density at radius 1 is 0.769 bits per heavy atom. The minimum atomic E-state index is -0.391. The molecule has 4 nitrogen and oxygen atoms in total. The average Bonchev–Trinajstić information content (AvgIpc) is 2.68. The van der Waals surface area contributed by atoms with E-state index in [0.29, 0.717) is 17.9 Å². The van der Waals surface area contributed by atoms with E-state index in [2.05, 4.69) is 6.92 Å². The van der Waals surface area contributed by atoms with Crippen LogP contribution in [0.5, 0.6) is 17.2 Å². The summed E-state index contributed by atoms with van der Waals surface area (Å²) in [5.74, 6) is 1.59. The molecule has 0 aliphatic rings. The second kappa shape index (κ2) is 11.2. The van der Waals surface area contributed by atoms with E-state index < -0.39 is 5.97 Å². The highest BCUT2D eigenvalue weighted by Gasteiger charge is 2.09. The van der Waals surface area contributed by atoms with Crippen LogP contribution < -0.4 is 14.2 Å². The zero-order valence-corrected chi connectivity index (χ0v) is 15.7. The van der Waals surface area contributed by atoms with Gasteiger partial charge < -0.3 is 14.2 Å². The van der Waals surface area contributed by atoms with Crippen LogP contribution in [-0.2, 0) is 0 Å². The van der Waals surface area contributed by atoms with E-state index in [1.54, 1.807) is 43.5 Å². The van der Waals surface area contributed by atoms with E-state index in [4.69, 9.17) is 14.2 Å². The van der Waals surface area contributed by atoms with Gasteiger partial charge in [-0.3, -0.25) is 0 Å². The maximum atomic E-state index is 12.2. The summed E-state index contributed by atoms with van der Waals surface area (Å²) in [5, 5.41) is 0. The van der Waals surface area contributed by atoms with Gasteiger partial charge in [0.25, 0.3) is 0 Å². The van der Waals surface area contributed by atoms with E-state index in [0.717, 1.165) is 17.9 Å². The molecule has 0 spiro atoms. The Kier molecular flexibility index (Phi) is 8.53. The van der Waals surface area contributed by atoms with Crippen LogP contribution >= 0.6 is 0 Å². The summed E-state index contributed by atoms with van der Waals surface area (Å²) in [7, 11) is 1.59. The number of hydrogen-bond acceptors (Lipinski definition) is 4. The number of esters is 1. The van der Waals surface area contributed by atoms with Crippen molar-refractivity contribution in [2.75, 3.05) is 13.7 Å². The minimum absolute atomic E-state index is 0.391. The lowest BCUT2D eigenvalue weighted by Gasteiger charge is -2.08. The molecule has 0 unspecified atom stereocenters. The monoisotopic (exact) mass is 356 g/mol. The van der Waals surface area contributed by atoms with Crippen LogP contribution in [0, 0.1) is 0 Å². The number of benzene rings is 2. The highest BCUT2D eigenvalue weighted by molar-refractivity contribution is 5.91. The third-order valence-electron chi connectivity index (χ3n) is 4.13. The van der Waals surface area contributed by atoms with Gasteiger partial charge in [-0.2, -0.15) is 0 Å². The first-order chi connectivity index (χ1) is 12.7. The first-order valence-electron chi connectivity index (χ1n) is 9.32. The molecule has 0 atom stereocenters. The van der Waals surface area contributed by atoms with E-state index >= 15 is 0 Å². The Labute approximate surface area is 156 Å².